The first-order valence-electron chi connectivity index (χ1n) is 3.80. The van der Waals surface area contributed by atoms with E-state index in [4.69, 9.17) is 17.5 Å². The van der Waals surface area contributed by atoms with Crippen LogP contribution in [0.15, 0.2) is 30.3 Å². The Bertz CT molecular complexity index is 315. The zero-order valence-electron chi connectivity index (χ0n) is 6.95. The zero-order valence-corrected chi connectivity index (χ0v) is 7.77. The van der Waals surface area contributed by atoms with Crippen LogP contribution < -0.4 is 10.6 Å². The first-order valence-corrected chi connectivity index (χ1v) is 4.20. The van der Waals surface area contributed by atoms with E-state index in [1.54, 1.807) is 0 Å². The van der Waals surface area contributed by atoms with E-state index in [1.807, 2.05) is 36.4 Å². The first-order chi connectivity index (χ1) is 6.33. The van der Waals surface area contributed by atoms with Crippen LogP contribution in [0.5, 0.6) is 0 Å². The molecule has 1 aromatic rings. The topological polar surface area (TPSA) is 47.9 Å². The van der Waals surface area contributed by atoms with Crippen LogP contribution >= 0.6 is 12.2 Å². The van der Waals surface area contributed by atoms with Gasteiger partial charge in [0.05, 0.1) is 6.07 Å². The van der Waals surface area contributed by atoms with E-state index in [0.29, 0.717) is 5.11 Å². The number of nitrogens with zero attached hydrogens (tertiary/aromatic N) is 1. The second-order valence-electron chi connectivity index (χ2n) is 2.33. The van der Waals surface area contributed by atoms with Gasteiger partial charge in [-0.05, 0) is 24.4 Å². The van der Waals surface area contributed by atoms with Gasteiger partial charge >= 0.3 is 0 Å². The molecule has 0 aliphatic carbocycles. The van der Waals surface area contributed by atoms with Crippen molar-refractivity contribution in [3.05, 3.63) is 30.3 Å². The lowest BCUT2D eigenvalue weighted by molar-refractivity contribution is 1.07. The molecule has 0 spiro atoms. The van der Waals surface area contributed by atoms with Crippen LogP contribution in [0, 0.1) is 11.3 Å². The normalized spacial score (nSPS) is 8.54. The summed E-state index contributed by atoms with van der Waals surface area (Å²) >= 11 is 4.93. The van der Waals surface area contributed by atoms with Gasteiger partial charge in [-0.15, -0.1) is 0 Å². The molecule has 0 saturated heterocycles. The monoisotopic (exact) mass is 191 g/mol. The fourth-order valence-electron chi connectivity index (χ4n) is 0.817. The van der Waals surface area contributed by atoms with Gasteiger partial charge in [0.15, 0.2) is 5.11 Å². The summed E-state index contributed by atoms with van der Waals surface area (Å²) in [5, 5.41) is 14.4. The number of thiocarbonyl (C=S) groups is 1. The molecule has 1 rings (SSSR count). The van der Waals surface area contributed by atoms with Crippen LogP contribution in [-0.2, 0) is 0 Å². The Morgan fingerprint density at radius 3 is 2.69 bits per heavy atom. The quantitative estimate of drug-likeness (QED) is 0.549. The van der Waals surface area contributed by atoms with Crippen LogP contribution in [0.2, 0.25) is 0 Å². The summed E-state index contributed by atoms with van der Waals surface area (Å²) < 4.78 is 0. The lowest BCUT2D eigenvalue weighted by atomic mass is 10.3. The number of anilines is 1. The highest BCUT2D eigenvalue weighted by molar-refractivity contribution is 7.80. The highest BCUT2D eigenvalue weighted by Crippen LogP contribution is 2.03. The van der Waals surface area contributed by atoms with Gasteiger partial charge in [0.2, 0.25) is 0 Å². The third kappa shape index (κ3) is 3.54. The fourth-order valence-corrected chi connectivity index (χ4v) is 1.01. The third-order valence-electron chi connectivity index (χ3n) is 1.36. The Balaban J connectivity index is 2.42. The van der Waals surface area contributed by atoms with Crippen molar-refractivity contribution in [3.63, 3.8) is 0 Å². The number of benzene rings is 1. The molecule has 0 radical (unpaired) electrons. The van der Waals surface area contributed by atoms with Crippen LogP contribution in [0.3, 0.4) is 0 Å². The predicted molar refractivity (Wildman–Crippen MR) is 56.3 cm³/mol. The molecular weight excluding hydrogens is 182 g/mol. The van der Waals surface area contributed by atoms with Crippen LogP contribution in [0.1, 0.15) is 0 Å². The minimum absolute atomic E-state index is 0.221. The number of hydrogen-bond acceptors (Lipinski definition) is 2. The summed E-state index contributed by atoms with van der Waals surface area (Å²) in [6.07, 6.45) is 0. The molecule has 0 amide bonds. The average Bonchev–Trinajstić information content (AvgIpc) is 2.16. The number of para-hydroxylation sites is 1. The van der Waals surface area contributed by atoms with E-state index < -0.39 is 0 Å². The van der Waals surface area contributed by atoms with Crippen LogP contribution in [0.4, 0.5) is 5.69 Å². The van der Waals surface area contributed by atoms with Gasteiger partial charge in [-0.25, -0.2) is 0 Å². The van der Waals surface area contributed by atoms with E-state index in [2.05, 4.69) is 10.6 Å². The maximum absolute atomic E-state index is 8.28. The number of nitriles is 1. The number of hydrogen-bond donors (Lipinski definition) is 2. The maximum Gasteiger partial charge on any atom is 0.171 e. The Kier molecular flexibility index (Phi) is 3.74. The zero-order chi connectivity index (χ0) is 9.52. The van der Waals surface area contributed by atoms with Crippen molar-refractivity contribution in [3.8, 4) is 6.07 Å². The second-order valence-corrected chi connectivity index (χ2v) is 2.74. The van der Waals surface area contributed by atoms with Crippen molar-refractivity contribution in [2.24, 2.45) is 0 Å². The summed E-state index contributed by atoms with van der Waals surface area (Å²) in [4.78, 5) is 0. The molecule has 0 fully saturated rings. The Labute approximate surface area is 82.4 Å². The summed E-state index contributed by atoms with van der Waals surface area (Å²) in [6.45, 7) is 0.221. The lowest BCUT2D eigenvalue weighted by Gasteiger charge is -2.06. The minimum Gasteiger partial charge on any atom is -0.349 e. The standard InChI is InChI=1S/C9H9N3S/c10-6-7-11-9(13)12-8-4-2-1-3-5-8/h1-5H,7H2,(H2,11,12,13). The Hall–Kier alpha value is -1.60. The number of rotatable bonds is 2. The largest absolute Gasteiger partial charge is 0.349 e. The van der Waals surface area contributed by atoms with Gasteiger partial charge in [0, 0.05) is 5.69 Å². The van der Waals surface area contributed by atoms with Gasteiger partial charge in [0.25, 0.3) is 0 Å². The number of nitrogens with one attached hydrogen (secondary N) is 2. The second kappa shape index (κ2) is 5.12. The molecule has 0 aromatic heterocycles. The third-order valence-corrected chi connectivity index (χ3v) is 1.61. The molecule has 0 bridgehead atoms. The smallest absolute Gasteiger partial charge is 0.171 e. The summed E-state index contributed by atoms with van der Waals surface area (Å²) in [5.41, 5.74) is 0.915. The van der Waals surface area contributed by atoms with Crippen molar-refractivity contribution in [1.82, 2.24) is 5.32 Å². The van der Waals surface area contributed by atoms with Gasteiger partial charge < -0.3 is 10.6 Å². The predicted octanol–water partition coefficient (Wildman–Crippen LogP) is 1.50. The molecule has 3 nitrogen and oxygen atoms in total. The molecule has 13 heavy (non-hydrogen) atoms. The molecule has 0 aliphatic rings. The van der Waals surface area contributed by atoms with Gasteiger partial charge in [-0.1, -0.05) is 18.2 Å². The van der Waals surface area contributed by atoms with Gasteiger partial charge in [-0.3, -0.25) is 0 Å². The summed E-state index contributed by atoms with van der Waals surface area (Å²) in [5.74, 6) is 0. The van der Waals surface area contributed by atoms with Gasteiger partial charge in [0.1, 0.15) is 6.54 Å². The van der Waals surface area contributed by atoms with Crippen LogP contribution in [0.25, 0.3) is 0 Å². The van der Waals surface area contributed by atoms with E-state index in [1.165, 1.54) is 0 Å². The molecule has 2 N–H and O–H groups in total. The lowest BCUT2D eigenvalue weighted by Crippen LogP contribution is -2.28. The molecule has 0 saturated carbocycles. The van der Waals surface area contributed by atoms with Crippen LogP contribution in [-0.4, -0.2) is 11.7 Å². The van der Waals surface area contributed by atoms with E-state index in [9.17, 15) is 0 Å². The highest BCUT2D eigenvalue weighted by atomic mass is 32.1. The Morgan fingerprint density at radius 2 is 2.08 bits per heavy atom. The van der Waals surface area contributed by atoms with E-state index in [-0.39, 0.29) is 6.54 Å². The van der Waals surface area contributed by atoms with Crippen molar-refractivity contribution in [2.45, 2.75) is 0 Å². The molecule has 66 valence electrons. The average molecular weight is 191 g/mol. The van der Waals surface area contributed by atoms with Gasteiger partial charge in [-0.2, -0.15) is 5.26 Å². The molecular formula is C9H9N3S. The molecule has 0 heterocycles. The van der Waals surface area contributed by atoms with E-state index in [0.717, 1.165) is 5.69 Å². The van der Waals surface area contributed by atoms with Crippen molar-refractivity contribution in [1.29, 1.82) is 5.26 Å². The van der Waals surface area contributed by atoms with Crippen molar-refractivity contribution in [2.75, 3.05) is 11.9 Å². The maximum atomic E-state index is 8.28. The summed E-state index contributed by atoms with van der Waals surface area (Å²) in [7, 11) is 0. The van der Waals surface area contributed by atoms with E-state index >= 15 is 0 Å². The Morgan fingerprint density at radius 1 is 1.38 bits per heavy atom. The first kappa shape index (κ1) is 9.49. The molecule has 0 unspecified atom stereocenters. The highest BCUT2D eigenvalue weighted by Gasteiger charge is 1.93. The minimum atomic E-state index is 0.221. The molecule has 0 aliphatic heterocycles. The molecule has 0 atom stereocenters. The van der Waals surface area contributed by atoms with Crippen molar-refractivity contribution < 1.29 is 0 Å². The fraction of sp³-hybridized carbons (Fsp3) is 0.111. The SMILES string of the molecule is N#CCNC(=S)Nc1ccccc1. The molecule has 1 aromatic carbocycles. The summed E-state index contributed by atoms with van der Waals surface area (Å²) in [6, 6.07) is 11.5. The molecule has 4 heteroatoms. The van der Waals surface area contributed by atoms with Crippen molar-refractivity contribution >= 4 is 23.0 Å².